The molecule has 1 aliphatic carbocycles. The lowest BCUT2D eigenvalue weighted by Gasteiger charge is -2.34. The van der Waals surface area contributed by atoms with Crippen LogP contribution in [0.3, 0.4) is 0 Å². The molecule has 0 unspecified atom stereocenters. The molecule has 0 spiro atoms. The zero-order chi connectivity index (χ0) is 15.6. The smallest absolute Gasteiger partial charge is 0.0667 e. The van der Waals surface area contributed by atoms with E-state index in [1.807, 2.05) is 0 Å². The van der Waals surface area contributed by atoms with Gasteiger partial charge in [-0.25, -0.2) is 0 Å². The fourth-order valence-electron chi connectivity index (χ4n) is 4.16. The van der Waals surface area contributed by atoms with Gasteiger partial charge in [0.15, 0.2) is 0 Å². The van der Waals surface area contributed by atoms with E-state index in [4.69, 9.17) is 0 Å². The van der Waals surface area contributed by atoms with Crippen LogP contribution in [0.25, 0.3) is 0 Å². The molecule has 2 atom stereocenters. The molecule has 22 heavy (non-hydrogen) atoms. The van der Waals surface area contributed by atoms with Crippen LogP contribution in [-0.4, -0.2) is 6.54 Å². The number of hydrogen-bond donors (Lipinski definition) is 1. The predicted molar refractivity (Wildman–Crippen MR) is 94.4 cm³/mol. The van der Waals surface area contributed by atoms with E-state index in [0.717, 1.165) is 13.0 Å². The summed E-state index contributed by atoms with van der Waals surface area (Å²) in [4.78, 5) is 0. The molecule has 3 rings (SSSR count). The average molecular weight is 293 g/mol. The van der Waals surface area contributed by atoms with Crippen LogP contribution in [0.5, 0.6) is 0 Å². The predicted octanol–water partition coefficient (Wildman–Crippen LogP) is 5.00. The summed E-state index contributed by atoms with van der Waals surface area (Å²) in [6.07, 6.45) is 3.65. The first-order valence-electron chi connectivity index (χ1n) is 8.63. The molecule has 0 saturated carbocycles. The van der Waals surface area contributed by atoms with Gasteiger partial charge in [0.05, 0.1) is 5.54 Å². The quantitative estimate of drug-likeness (QED) is 0.836. The van der Waals surface area contributed by atoms with Crippen molar-refractivity contribution in [3.63, 3.8) is 0 Å². The van der Waals surface area contributed by atoms with Crippen molar-refractivity contribution in [1.29, 1.82) is 0 Å². The molecule has 0 fully saturated rings. The van der Waals surface area contributed by atoms with Crippen molar-refractivity contribution in [2.24, 2.45) is 0 Å². The van der Waals surface area contributed by atoms with Gasteiger partial charge in [-0.3, -0.25) is 0 Å². The molecule has 0 amide bonds. The summed E-state index contributed by atoms with van der Waals surface area (Å²) in [5, 5.41) is 3.78. The van der Waals surface area contributed by atoms with Crippen molar-refractivity contribution in [2.75, 3.05) is 6.54 Å². The zero-order valence-corrected chi connectivity index (χ0v) is 14.0. The Morgan fingerprint density at radius 1 is 1.00 bits per heavy atom. The summed E-state index contributed by atoms with van der Waals surface area (Å²) < 4.78 is 0. The minimum atomic E-state index is -0.0928. The summed E-state index contributed by atoms with van der Waals surface area (Å²) in [6, 6.07) is 18.0. The lowest BCUT2D eigenvalue weighted by molar-refractivity contribution is 0.449. The minimum absolute atomic E-state index is 0.0928. The Bertz CT molecular complexity index is 646. The monoisotopic (exact) mass is 293 g/mol. The molecule has 1 nitrogen and oxygen atoms in total. The highest BCUT2D eigenvalue weighted by molar-refractivity contribution is 5.50. The first kappa shape index (κ1) is 15.3. The Balaban J connectivity index is 2.25. The first-order chi connectivity index (χ1) is 10.7. The summed E-state index contributed by atoms with van der Waals surface area (Å²) in [5.74, 6) is 0.628. The molecule has 1 N–H and O–H groups in total. The molecule has 0 saturated heterocycles. The summed E-state index contributed by atoms with van der Waals surface area (Å²) in [6.45, 7) is 7.81. The van der Waals surface area contributed by atoms with Gasteiger partial charge in [-0.05, 0) is 54.5 Å². The van der Waals surface area contributed by atoms with Crippen LogP contribution in [0.15, 0.2) is 48.5 Å². The number of benzene rings is 2. The van der Waals surface area contributed by atoms with Gasteiger partial charge in [-0.1, -0.05) is 68.8 Å². The molecule has 2 aromatic carbocycles. The van der Waals surface area contributed by atoms with E-state index in [1.165, 1.54) is 35.1 Å². The van der Waals surface area contributed by atoms with Crippen molar-refractivity contribution in [3.8, 4) is 0 Å². The molecule has 0 aliphatic heterocycles. The van der Waals surface area contributed by atoms with E-state index in [-0.39, 0.29) is 5.54 Å². The van der Waals surface area contributed by atoms with Gasteiger partial charge in [0, 0.05) is 0 Å². The lowest BCUT2D eigenvalue weighted by Crippen LogP contribution is -2.41. The van der Waals surface area contributed by atoms with Gasteiger partial charge in [0.2, 0.25) is 0 Å². The Hall–Kier alpha value is -1.60. The number of hydrogen-bond acceptors (Lipinski definition) is 1. The Morgan fingerprint density at radius 2 is 1.68 bits per heavy atom. The van der Waals surface area contributed by atoms with Crippen molar-refractivity contribution in [1.82, 2.24) is 5.32 Å². The summed E-state index contributed by atoms with van der Waals surface area (Å²) >= 11 is 0. The molecule has 0 bridgehead atoms. The second-order valence-electron chi connectivity index (χ2n) is 6.59. The average Bonchev–Trinajstić information content (AvgIpc) is 2.64. The van der Waals surface area contributed by atoms with Gasteiger partial charge in [0.1, 0.15) is 0 Å². The molecule has 1 heteroatoms. The molecular formula is C21H27N. The number of fused-ring (bicyclic) bond motifs is 2. The van der Waals surface area contributed by atoms with Crippen LogP contribution in [0, 0.1) is 0 Å². The summed E-state index contributed by atoms with van der Waals surface area (Å²) in [7, 11) is 0. The maximum Gasteiger partial charge on any atom is 0.0667 e. The van der Waals surface area contributed by atoms with Crippen molar-refractivity contribution in [3.05, 3.63) is 70.8 Å². The van der Waals surface area contributed by atoms with E-state index < -0.39 is 0 Å². The van der Waals surface area contributed by atoms with Gasteiger partial charge in [-0.2, -0.15) is 0 Å². The first-order valence-corrected chi connectivity index (χ1v) is 8.63. The molecule has 116 valence electrons. The van der Waals surface area contributed by atoms with Crippen molar-refractivity contribution >= 4 is 0 Å². The Morgan fingerprint density at radius 3 is 2.41 bits per heavy atom. The summed E-state index contributed by atoms with van der Waals surface area (Å²) in [5.41, 5.74) is 5.84. The maximum atomic E-state index is 3.78. The van der Waals surface area contributed by atoms with Crippen LogP contribution >= 0.6 is 0 Å². The van der Waals surface area contributed by atoms with Crippen LogP contribution in [0.2, 0.25) is 0 Å². The van der Waals surface area contributed by atoms with E-state index >= 15 is 0 Å². The Kier molecular flexibility index (Phi) is 4.35. The molecule has 0 heterocycles. The fourth-order valence-corrected chi connectivity index (χ4v) is 4.16. The number of rotatable bonds is 4. The van der Waals surface area contributed by atoms with Crippen LogP contribution in [0.1, 0.15) is 61.8 Å². The minimum Gasteiger partial charge on any atom is -0.304 e. The van der Waals surface area contributed by atoms with Crippen LogP contribution in [0.4, 0.5) is 0 Å². The van der Waals surface area contributed by atoms with Crippen molar-refractivity contribution in [2.45, 2.75) is 51.5 Å². The second kappa shape index (κ2) is 6.26. The highest BCUT2D eigenvalue weighted by Crippen LogP contribution is 2.42. The largest absolute Gasteiger partial charge is 0.304 e. The maximum absolute atomic E-state index is 3.78. The molecule has 0 radical (unpaired) electrons. The van der Waals surface area contributed by atoms with Crippen molar-refractivity contribution < 1.29 is 0 Å². The highest BCUT2D eigenvalue weighted by Gasteiger charge is 2.36. The fraction of sp³-hybridized carbons (Fsp3) is 0.429. The van der Waals surface area contributed by atoms with Gasteiger partial charge in [0.25, 0.3) is 0 Å². The number of nitrogens with one attached hydrogen (secondary N) is 1. The van der Waals surface area contributed by atoms with Gasteiger partial charge in [-0.15, -0.1) is 0 Å². The Labute approximate surface area is 134 Å². The van der Waals surface area contributed by atoms with E-state index in [9.17, 15) is 0 Å². The molecule has 0 aromatic heterocycles. The second-order valence-corrected chi connectivity index (χ2v) is 6.59. The van der Waals surface area contributed by atoms with Crippen LogP contribution < -0.4 is 5.32 Å². The van der Waals surface area contributed by atoms with Gasteiger partial charge >= 0.3 is 0 Å². The third-order valence-corrected chi connectivity index (χ3v) is 5.13. The third-order valence-electron chi connectivity index (χ3n) is 5.13. The SMILES string of the molecule is CCC[C@@H]1Cc2ccccc2[C@](C)(NCC)c2ccccc21. The highest BCUT2D eigenvalue weighted by atomic mass is 15.0. The molecular weight excluding hydrogens is 266 g/mol. The van der Waals surface area contributed by atoms with E-state index in [1.54, 1.807) is 0 Å². The zero-order valence-electron chi connectivity index (χ0n) is 14.0. The molecule has 1 aliphatic rings. The third kappa shape index (κ3) is 2.48. The molecule has 2 aromatic rings. The standard InChI is InChI=1S/C21H27N/c1-4-10-16-15-17-11-6-8-13-19(17)21(3,22-5-2)20-14-9-7-12-18(16)20/h6-9,11-14,16,22H,4-5,10,15H2,1-3H3/t16-,21+/m1/s1. The lowest BCUT2D eigenvalue weighted by atomic mass is 9.81. The van der Waals surface area contributed by atoms with Crippen LogP contribution in [-0.2, 0) is 12.0 Å². The van der Waals surface area contributed by atoms with E-state index in [0.29, 0.717) is 5.92 Å². The van der Waals surface area contributed by atoms with E-state index in [2.05, 4.69) is 74.6 Å². The topological polar surface area (TPSA) is 12.0 Å². The normalized spacial score (nSPS) is 23.5. The van der Waals surface area contributed by atoms with Gasteiger partial charge < -0.3 is 5.32 Å².